The Balaban J connectivity index is 2.25. The van der Waals surface area contributed by atoms with Gasteiger partial charge in [0.15, 0.2) is 0 Å². The summed E-state index contributed by atoms with van der Waals surface area (Å²) in [5, 5.41) is 4.81. The van der Waals surface area contributed by atoms with Gasteiger partial charge in [-0.2, -0.15) is 0 Å². The molecule has 1 atom stereocenters. The molecule has 2 amide bonds. The zero-order valence-corrected chi connectivity index (χ0v) is 18.9. The molecule has 0 aliphatic carbocycles. The molecule has 7 heteroatoms. The molecule has 2 rings (SSSR count). The van der Waals surface area contributed by atoms with Gasteiger partial charge < -0.3 is 15.0 Å². The van der Waals surface area contributed by atoms with Crippen LogP contribution in [0, 0.1) is 11.8 Å². The first-order valence-corrected chi connectivity index (χ1v) is 11.2. The molecular formula is C23H31N3O3S. The van der Waals surface area contributed by atoms with E-state index in [2.05, 4.69) is 38.0 Å². The van der Waals surface area contributed by atoms with E-state index in [0.717, 1.165) is 17.5 Å². The maximum atomic E-state index is 13.4. The van der Waals surface area contributed by atoms with Gasteiger partial charge in [-0.25, -0.2) is 4.98 Å². The fraction of sp³-hybridized carbons (Fsp3) is 0.478. The lowest BCUT2D eigenvalue weighted by molar-refractivity contribution is -0.134. The Morgan fingerprint density at radius 1 is 1.17 bits per heavy atom. The summed E-state index contributed by atoms with van der Waals surface area (Å²) in [6, 6.07) is 6.22. The number of benzene rings is 1. The van der Waals surface area contributed by atoms with Gasteiger partial charge in [-0.3, -0.25) is 9.59 Å². The van der Waals surface area contributed by atoms with Gasteiger partial charge in [0.2, 0.25) is 5.91 Å². The van der Waals surface area contributed by atoms with Crippen LogP contribution in [0.25, 0.3) is 0 Å². The molecule has 0 aliphatic heterocycles. The Kier molecular flexibility index (Phi) is 9.17. The first kappa shape index (κ1) is 23.7. The lowest BCUT2D eigenvalue weighted by Crippen LogP contribution is -2.51. The standard InChI is InChI=1S/C23H31N3O3S/c1-16(2)12-26(13-17(3)4)23(29)21(11-20-14-30-15-24-20)25-22(28)19-7-5-6-18(10-19)8-9-27/h5-7,9-10,14-17,21H,8,11-13H2,1-4H3,(H,25,28)/t21-/m0/s1. The van der Waals surface area contributed by atoms with E-state index in [1.807, 2.05) is 10.3 Å². The van der Waals surface area contributed by atoms with Crippen molar-refractivity contribution in [1.29, 1.82) is 0 Å². The zero-order valence-electron chi connectivity index (χ0n) is 18.1. The van der Waals surface area contributed by atoms with E-state index in [1.165, 1.54) is 11.3 Å². The number of carbonyl (C=O) groups excluding carboxylic acids is 3. The molecule has 0 saturated carbocycles. The molecule has 2 aromatic rings. The van der Waals surface area contributed by atoms with Crippen molar-refractivity contribution >= 4 is 29.4 Å². The summed E-state index contributed by atoms with van der Waals surface area (Å²) < 4.78 is 0. The van der Waals surface area contributed by atoms with E-state index in [1.54, 1.807) is 29.8 Å². The highest BCUT2D eigenvalue weighted by molar-refractivity contribution is 7.07. The number of rotatable bonds is 11. The highest BCUT2D eigenvalue weighted by Gasteiger charge is 2.28. The Bertz CT molecular complexity index is 824. The fourth-order valence-electron chi connectivity index (χ4n) is 3.28. The SMILES string of the molecule is CC(C)CN(CC(C)C)C(=O)[C@H](Cc1cscn1)NC(=O)c1cccc(CC=O)c1. The number of nitrogens with zero attached hydrogens (tertiary/aromatic N) is 2. The molecule has 6 nitrogen and oxygen atoms in total. The number of hydrogen-bond acceptors (Lipinski definition) is 5. The van der Waals surface area contributed by atoms with Crippen molar-refractivity contribution in [2.24, 2.45) is 11.8 Å². The van der Waals surface area contributed by atoms with Gasteiger partial charge in [0.1, 0.15) is 12.3 Å². The van der Waals surface area contributed by atoms with Gasteiger partial charge in [-0.05, 0) is 29.5 Å². The smallest absolute Gasteiger partial charge is 0.251 e. The minimum absolute atomic E-state index is 0.0946. The summed E-state index contributed by atoms with van der Waals surface area (Å²) in [4.78, 5) is 43.3. The molecule has 0 bridgehead atoms. The monoisotopic (exact) mass is 429 g/mol. The van der Waals surface area contributed by atoms with Crippen molar-refractivity contribution in [2.45, 2.75) is 46.6 Å². The van der Waals surface area contributed by atoms with Crippen molar-refractivity contribution < 1.29 is 14.4 Å². The molecule has 1 N–H and O–H groups in total. The first-order chi connectivity index (χ1) is 14.3. The topological polar surface area (TPSA) is 79.4 Å². The summed E-state index contributed by atoms with van der Waals surface area (Å²) in [6.07, 6.45) is 1.40. The molecule has 30 heavy (non-hydrogen) atoms. The van der Waals surface area contributed by atoms with Crippen LogP contribution in [0.2, 0.25) is 0 Å². The van der Waals surface area contributed by atoms with Crippen LogP contribution in [-0.2, 0) is 22.4 Å². The number of thiazole rings is 1. The molecule has 1 aromatic carbocycles. The molecule has 1 heterocycles. The van der Waals surface area contributed by atoms with E-state index in [4.69, 9.17) is 0 Å². The second-order valence-corrected chi connectivity index (χ2v) is 9.03. The van der Waals surface area contributed by atoms with Crippen molar-refractivity contribution in [1.82, 2.24) is 15.2 Å². The van der Waals surface area contributed by atoms with Gasteiger partial charge in [0, 0.05) is 36.9 Å². The van der Waals surface area contributed by atoms with Crippen molar-refractivity contribution in [3.05, 3.63) is 52.0 Å². The molecule has 0 aliphatic rings. The maximum Gasteiger partial charge on any atom is 0.251 e. The number of aldehydes is 1. The lowest BCUT2D eigenvalue weighted by atomic mass is 10.0. The second kappa shape index (κ2) is 11.6. The Morgan fingerprint density at radius 2 is 1.87 bits per heavy atom. The minimum atomic E-state index is -0.702. The number of hydrogen-bond donors (Lipinski definition) is 1. The molecule has 0 radical (unpaired) electrons. The van der Waals surface area contributed by atoms with Crippen molar-refractivity contribution in [3.8, 4) is 0 Å². The predicted octanol–water partition coefficient (Wildman–Crippen LogP) is 3.37. The van der Waals surface area contributed by atoms with Gasteiger partial charge in [0.05, 0.1) is 11.2 Å². The van der Waals surface area contributed by atoms with Crippen LogP contribution in [0.5, 0.6) is 0 Å². The second-order valence-electron chi connectivity index (χ2n) is 8.31. The third kappa shape index (κ3) is 7.37. The Labute approximate surface area is 182 Å². The van der Waals surface area contributed by atoms with E-state index in [-0.39, 0.29) is 18.2 Å². The largest absolute Gasteiger partial charge is 0.340 e. The van der Waals surface area contributed by atoms with E-state index in [0.29, 0.717) is 36.9 Å². The number of nitrogens with one attached hydrogen (secondary N) is 1. The molecule has 1 aromatic heterocycles. The Hall–Kier alpha value is -2.54. The molecule has 0 unspecified atom stereocenters. The van der Waals surface area contributed by atoms with Crippen LogP contribution in [0.4, 0.5) is 0 Å². The van der Waals surface area contributed by atoms with Crippen LogP contribution in [0.3, 0.4) is 0 Å². The van der Waals surface area contributed by atoms with Gasteiger partial charge in [-0.15, -0.1) is 11.3 Å². The van der Waals surface area contributed by atoms with Crippen LogP contribution in [0.1, 0.15) is 49.3 Å². The Morgan fingerprint density at radius 3 is 2.43 bits per heavy atom. The van der Waals surface area contributed by atoms with Crippen molar-refractivity contribution in [2.75, 3.05) is 13.1 Å². The van der Waals surface area contributed by atoms with Gasteiger partial charge in [-0.1, -0.05) is 39.8 Å². The van der Waals surface area contributed by atoms with Crippen LogP contribution in [0.15, 0.2) is 35.2 Å². The normalized spacial score (nSPS) is 12.1. The zero-order chi connectivity index (χ0) is 22.1. The molecule has 0 spiro atoms. The highest BCUT2D eigenvalue weighted by atomic mass is 32.1. The summed E-state index contributed by atoms with van der Waals surface area (Å²) in [6.45, 7) is 9.57. The summed E-state index contributed by atoms with van der Waals surface area (Å²) in [5.41, 5.74) is 3.70. The van der Waals surface area contributed by atoms with Crippen LogP contribution >= 0.6 is 11.3 Å². The average molecular weight is 430 g/mol. The lowest BCUT2D eigenvalue weighted by Gasteiger charge is -2.30. The van der Waals surface area contributed by atoms with Gasteiger partial charge >= 0.3 is 0 Å². The summed E-state index contributed by atoms with van der Waals surface area (Å²) in [7, 11) is 0. The van der Waals surface area contributed by atoms with E-state index >= 15 is 0 Å². The molecular weight excluding hydrogens is 398 g/mol. The quantitative estimate of drug-likeness (QED) is 0.556. The maximum absolute atomic E-state index is 13.4. The first-order valence-electron chi connectivity index (χ1n) is 10.3. The van der Waals surface area contributed by atoms with Gasteiger partial charge in [0.25, 0.3) is 5.91 Å². The third-order valence-corrected chi connectivity index (χ3v) is 5.13. The van der Waals surface area contributed by atoms with Crippen LogP contribution in [-0.4, -0.2) is 47.1 Å². The van der Waals surface area contributed by atoms with E-state index < -0.39 is 6.04 Å². The minimum Gasteiger partial charge on any atom is -0.340 e. The summed E-state index contributed by atoms with van der Waals surface area (Å²) in [5.74, 6) is 0.222. The fourth-order valence-corrected chi connectivity index (χ4v) is 3.85. The number of aromatic nitrogens is 1. The number of carbonyl (C=O) groups is 3. The van der Waals surface area contributed by atoms with E-state index in [9.17, 15) is 14.4 Å². The van der Waals surface area contributed by atoms with Crippen molar-refractivity contribution in [3.63, 3.8) is 0 Å². The molecule has 162 valence electrons. The highest BCUT2D eigenvalue weighted by Crippen LogP contribution is 2.12. The molecule has 0 fully saturated rings. The average Bonchev–Trinajstić information content (AvgIpc) is 3.19. The predicted molar refractivity (Wildman–Crippen MR) is 120 cm³/mol. The third-order valence-electron chi connectivity index (χ3n) is 4.49. The van der Waals surface area contributed by atoms with Crippen LogP contribution < -0.4 is 5.32 Å². The molecule has 0 saturated heterocycles. The number of amides is 2. The summed E-state index contributed by atoms with van der Waals surface area (Å²) >= 11 is 1.46.